The summed E-state index contributed by atoms with van der Waals surface area (Å²) in [6.45, 7) is 3.36. The van der Waals surface area contributed by atoms with Gasteiger partial charge in [0.2, 0.25) is 5.43 Å². The van der Waals surface area contributed by atoms with Gasteiger partial charge in [-0.15, -0.1) is 12.4 Å². The fourth-order valence-corrected chi connectivity index (χ4v) is 4.25. The number of benzene rings is 1. The number of anilines is 1. The maximum absolute atomic E-state index is 15.0. The van der Waals surface area contributed by atoms with Gasteiger partial charge in [-0.25, -0.2) is 9.18 Å². The summed E-state index contributed by atoms with van der Waals surface area (Å²) < 4.78 is 16.9. The van der Waals surface area contributed by atoms with Crippen molar-refractivity contribution in [3.05, 3.63) is 39.4 Å². The maximum Gasteiger partial charge on any atom is 0.341 e. The lowest BCUT2D eigenvalue weighted by atomic mass is 9.92. The van der Waals surface area contributed by atoms with Crippen molar-refractivity contribution in [3.8, 4) is 0 Å². The summed E-state index contributed by atoms with van der Waals surface area (Å²) in [7, 11) is 0. The molecule has 3 N–H and O–H groups in total. The second kappa shape index (κ2) is 7.13. The third-order valence-corrected chi connectivity index (χ3v) is 5.71. The lowest BCUT2D eigenvalue weighted by Gasteiger charge is -2.36. The average molecular weight is 396 g/mol. The van der Waals surface area contributed by atoms with Gasteiger partial charge in [0, 0.05) is 42.3 Å². The number of halogens is 2. The fourth-order valence-electron chi connectivity index (χ4n) is 4.25. The van der Waals surface area contributed by atoms with Crippen LogP contribution in [0.4, 0.5) is 10.1 Å². The van der Waals surface area contributed by atoms with E-state index < -0.39 is 17.2 Å². The van der Waals surface area contributed by atoms with E-state index in [0.29, 0.717) is 30.7 Å². The highest BCUT2D eigenvalue weighted by Gasteiger charge is 2.29. The number of hydrogen-bond donors (Lipinski definition) is 2. The van der Waals surface area contributed by atoms with E-state index >= 15 is 4.39 Å². The number of aryl methyl sites for hydroxylation is 1. The van der Waals surface area contributed by atoms with Crippen LogP contribution in [-0.2, 0) is 6.42 Å². The molecule has 2 aromatic rings. The SMILES string of the molecule is CC1CCc2c(N3CCC(N)CC3)c(F)cc3c(=O)c(C(=O)O)cn1c23.Cl. The number of rotatable bonds is 2. The van der Waals surface area contributed by atoms with Gasteiger partial charge in [0.1, 0.15) is 11.4 Å². The van der Waals surface area contributed by atoms with E-state index in [2.05, 4.69) is 0 Å². The number of nitrogens with two attached hydrogens (primary N) is 1. The summed E-state index contributed by atoms with van der Waals surface area (Å²) in [5, 5.41) is 9.50. The summed E-state index contributed by atoms with van der Waals surface area (Å²) in [6, 6.07) is 1.41. The molecular weight excluding hydrogens is 373 g/mol. The van der Waals surface area contributed by atoms with Gasteiger partial charge in [-0.3, -0.25) is 4.79 Å². The molecule has 1 aromatic carbocycles. The summed E-state index contributed by atoms with van der Waals surface area (Å²) in [4.78, 5) is 26.1. The third kappa shape index (κ3) is 3.08. The number of pyridine rings is 1. The molecule has 0 bridgehead atoms. The van der Waals surface area contributed by atoms with Crippen LogP contribution < -0.4 is 16.1 Å². The van der Waals surface area contributed by atoms with E-state index in [1.54, 1.807) is 0 Å². The average Bonchev–Trinajstić information content (AvgIpc) is 2.60. The molecular formula is C19H23ClFN3O3. The van der Waals surface area contributed by atoms with Crippen LogP contribution in [-0.4, -0.2) is 34.8 Å². The first-order valence-electron chi connectivity index (χ1n) is 9.02. The van der Waals surface area contributed by atoms with Crippen molar-refractivity contribution >= 4 is 35.0 Å². The molecule has 27 heavy (non-hydrogen) atoms. The Morgan fingerprint density at radius 2 is 1.96 bits per heavy atom. The predicted molar refractivity (Wildman–Crippen MR) is 105 cm³/mol. The van der Waals surface area contributed by atoms with Crippen LogP contribution in [0.5, 0.6) is 0 Å². The van der Waals surface area contributed by atoms with Crippen molar-refractivity contribution in [1.82, 2.24) is 4.57 Å². The highest BCUT2D eigenvalue weighted by Crippen LogP contribution is 2.38. The monoisotopic (exact) mass is 395 g/mol. The van der Waals surface area contributed by atoms with E-state index in [-0.39, 0.29) is 35.4 Å². The Morgan fingerprint density at radius 3 is 2.59 bits per heavy atom. The van der Waals surface area contributed by atoms with Crippen molar-refractivity contribution in [2.75, 3.05) is 18.0 Å². The maximum atomic E-state index is 15.0. The minimum absolute atomic E-state index is 0. The van der Waals surface area contributed by atoms with E-state index in [0.717, 1.165) is 24.8 Å². The molecule has 0 spiro atoms. The number of carbonyl (C=O) groups is 1. The molecule has 1 atom stereocenters. The van der Waals surface area contributed by atoms with Crippen molar-refractivity contribution < 1.29 is 14.3 Å². The van der Waals surface area contributed by atoms with E-state index in [1.807, 2.05) is 16.4 Å². The van der Waals surface area contributed by atoms with E-state index in [9.17, 15) is 14.7 Å². The van der Waals surface area contributed by atoms with Crippen LogP contribution in [0.2, 0.25) is 0 Å². The number of carboxylic acids is 1. The van der Waals surface area contributed by atoms with Crippen LogP contribution in [0.15, 0.2) is 17.1 Å². The Kier molecular flexibility index (Phi) is 5.18. The first kappa shape index (κ1) is 19.6. The molecule has 3 heterocycles. The fraction of sp³-hybridized carbons (Fsp3) is 0.474. The van der Waals surface area contributed by atoms with Gasteiger partial charge in [0.25, 0.3) is 0 Å². The second-order valence-electron chi connectivity index (χ2n) is 7.38. The van der Waals surface area contributed by atoms with Crippen molar-refractivity contribution in [3.63, 3.8) is 0 Å². The Balaban J connectivity index is 0.00000210. The summed E-state index contributed by atoms with van der Waals surface area (Å²) in [6.07, 6.45) is 4.46. The Hall–Kier alpha value is -2.12. The highest BCUT2D eigenvalue weighted by molar-refractivity contribution is 5.95. The predicted octanol–water partition coefficient (Wildman–Crippen LogP) is 2.70. The van der Waals surface area contributed by atoms with Crippen LogP contribution in [0.3, 0.4) is 0 Å². The Morgan fingerprint density at radius 1 is 1.30 bits per heavy atom. The first-order valence-corrected chi connectivity index (χ1v) is 9.02. The molecule has 0 radical (unpaired) electrons. The molecule has 1 saturated heterocycles. The number of piperidine rings is 1. The van der Waals surface area contributed by atoms with Crippen molar-refractivity contribution in [1.29, 1.82) is 0 Å². The van der Waals surface area contributed by atoms with Gasteiger partial charge in [-0.2, -0.15) is 0 Å². The molecule has 2 aliphatic rings. The molecule has 6 nitrogen and oxygen atoms in total. The molecule has 2 aliphatic heterocycles. The third-order valence-electron chi connectivity index (χ3n) is 5.71. The highest BCUT2D eigenvalue weighted by atomic mass is 35.5. The minimum atomic E-state index is -1.28. The largest absolute Gasteiger partial charge is 0.477 e. The molecule has 0 aliphatic carbocycles. The molecule has 1 unspecified atom stereocenters. The topological polar surface area (TPSA) is 88.6 Å². The Bertz CT molecular complexity index is 967. The number of aromatic nitrogens is 1. The molecule has 8 heteroatoms. The first-order chi connectivity index (χ1) is 12.4. The van der Waals surface area contributed by atoms with Crippen molar-refractivity contribution in [2.45, 2.75) is 44.7 Å². The van der Waals surface area contributed by atoms with Gasteiger partial charge in [-0.1, -0.05) is 0 Å². The molecule has 1 aromatic heterocycles. The van der Waals surface area contributed by atoms with Crippen LogP contribution in [0.25, 0.3) is 10.9 Å². The number of hydrogen-bond acceptors (Lipinski definition) is 4. The lowest BCUT2D eigenvalue weighted by molar-refractivity contribution is 0.0694. The summed E-state index contributed by atoms with van der Waals surface area (Å²) in [5.74, 6) is -1.74. The van der Waals surface area contributed by atoms with Gasteiger partial charge < -0.3 is 20.3 Å². The normalized spacial score (nSPS) is 19.8. The summed E-state index contributed by atoms with van der Waals surface area (Å²) >= 11 is 0. The van der Waals surface area contributed by atoms with Crippen molar-refractivity contribution in [2.24, 2.45) is 5.73 Å². The molecule has 1 fully saturated rings. The lowest BCUT2D eigenvalue weighted by Crippen LogP contribution is -2.40. The van der Waals surface area contributed by atoms with Crippen LogP contribution >= 0.6 is 12.4 Å². The molecule has 4 rings (SSSR count). The standard InChI is InChI=1S/C19H22FN3O3.ClH/c1-10-2-3-12-16-13(18(24)14(19(25)26)9-23(10)16)8-15(20)17(12)22-6-4-11(21)5-7-22;/h8-11H,2-7,21H2,1H3,(H,25,26);1H. The van der Waals surface area contributed by atoms with Gasteiger partial charge in [0.05, 0.1) is 11.2 Å². The van der Waals surface area contributed by atoms with E-state index in [4.69, 9.17) is 5.73 Å². The second-order valence-corrected chi connectivity index (χ2v) is 7.38. The van der Waals surface area contributed by atoms with E-state index in [1.165, 1.54) is 12.3 Å². The molecule has 146 valence electrons. The zero-order chi connectivity index (χ0) is 18.6. The van der Waals surface area contributed by atoms with Crippen LogP contribution in [0.1, 0.15) is 48.1 Å². The summed E-state index contributed by atoms with van der Waals surface area (Å²) in [5.41, 5.74) is 7.07. The van der Waals surface area contributed by atoms with Crippen LogP contribution in [0, 0.1) is 5.82 Å². The van der Waals surface area contributed by atoms with Gasteiger partial charge >= 0.3 is 5.97 Å². The minimum Gasteiger partial charge on any atom is -0.477 e. The van der Waals surface area contributed by atoms with Gasteiger partial charge in [0.15, 0.2) is 0 Å². The number of carboxylic acid groups (broad SMARTS) is 1. The Labute approximate surface area is 162 Å². The quantitative estimate of drug-likeness (QED) is 0.816. The van der Waals surface area contributed by atoms with Gasteiger partial charge in [-0.05, 0) is 38.7 Å². The number of aromatic carboxylic acids is 1. The zero-order valence-electron chi connectivity index (χ0n) is 15.1. The molecule has 0 saturated carbocycles. The smallest absolute Gasteiger partial charge is 0.341 e. The zero-order valence-corrected chi connectivity index (χ0v) is 15.9. The molecule has 0 amide bonds. The number of nitrogens with zero attached hydrogens (tertiary/aromatic N) is 2.